The highest BCUT2D eigenvalue weighted by atomic mass is 79.9. The number of nitrogens with zero attached hydrogens (tertiary/aromatic N) is 4. The lowest BCUT2D eigenvalue weighted by atomic mass is 10.1. The highest BCUT2D eigenvalue weighted by Gasteiger charge is 2.24. The van der Waals surface area contributed by atoms with Crippen molar-refractivity contribution in [2.45, 2.75) is 29.2 Å². The zero-order valence-corrected chi connectivity index (χ0v) is 19.5. The number of anilines is 1. The summed E-state index contributed by atoms with van der Waals surface area (Å²) in [7, 11) is 0. The summed E-state index contributed by atoms with van der Waals surface area (Å²) in [5.74, 6) is 0.621. The molecule has 0 unspecified atom stereocenters. The summed E-state index contributed by atoms with van der Waals surface area (Å²) in [4.78, 5) is 21.4. The first-order chi connectivity index (χ1) is 14.0. The van der Waals surface area contributed by atoms with Gasteiger partial charge in [0.2, 0.25) is 5.95 Å². The quantitative estimate of drug-likeness (QED) is 0.507. The molecule has 1 saturated heterocycles. The van der Waals surface area contributed by atoms with Crippen molar-refractivity contribution in [3.63, 3.8) is 0 Å². The van der Waals surface area contributed by atoms with Crippen LogP contribution in [0.2, 0.25) is 0 Å². The molecule has 0 radical (unpaired) electrons. The second-order valence-corrected chi connectivity index (χ2v) is 11.2. The molecule has 2 N–H and O–H groups in total. The average molecular weight is 537 g/mol. The summed E-state index contributed by atoms with van der Waals surface area (Å²) in [5.41, 5.74) is 8.16. The van der Waals surface area contributed by atoms with Gasteiger partial charge in [-0.15, -0.1) is 11.3 Å². The van der Waals surface area contributed by atoms with Gasteiger partial charge in [0.15, 0.2) is 0 Å². The highest BCUT2D eigenvalue weighted by Crippen LogP contribution is 2.36. The van der Waals surface area contributed by atoms with Gasteiger partial charge in [-0.05, 0) is 30.5 Å². The smallest absolute Gasteiger partial charge is 0.273 e. The molecule has 4 rings (SSSR count). The molecule has 6 nitrogen and oxygen atoms in total. The zero-order chi connectivity index (χ0) is 20.5. The third-order valence-electron chi connectivity index (χ3n) is 5.05. The topological polar surface area (TPSA) is 87.9 Å². The van der Waals surface area contributed by atoms with Crippen molar-refractivity contribution in [3.05, 3.63) is 56.7 Å². The van der Waals surface area contributed by atoms with Crippen LogP contribution in [0.1, 0.15) is 32.6 Å². The first-order valence-corrected chi connectivity index (χ1v) is 11.9. The van der Waals surface area contributed by atoms with Gasteiger partial charge in [-0.1, -0.05) is 50.1 Å². The number of benzene rings is 1. The third-order valence-corrected chi connectivity index (χ3v) is 7.82. The van der Waals surface area contributed by atoms with E-state index in [1.54, 1.807) is 10.6 Å². The molecule has 1 aliphatic heterocycles. The van der Waals surface area contributed by atoms with E-state index in [0.717, 1.165) is 29.8 Å². The number of halogens is 2. The minimum atomic E-state index is -0.0891. The van der Waals surface area contributed by atoms with Crippen molar-refractivity contribution >= 4 is 59.4 Å². The number of thiophene rings is 1. The number of piperidine rings is 1. The average Bonchev–Trinajstić information content (AvgIpc) is 3.15. The molecule has 0 saturated carbocycles. The Morgan fingerprint density at radius 1 is 1.38 bits per heavy atom. The van der Waals surface area contributed by atoms with Gasteiger partial charge in [-0.2, -0.15) is 5.26 Å². The molecule has 1 fully saturated rings. The molecule has 9 heteroatoms. The third kappa shape index (κ3) is 4.12. The monoisotopic (exact) mass is 535 g/mol. The molecule has 2 aromatic heterocycles. The minimum Gasteiger partial charge on any atom is -0.341 e. The van der Waals surface area contributed by atoms with Crippen LogP contribution in [0.25, 0.3) is 10.2 Å². The second-order valence-electron chi connectivity index (χ2n) is 7.08. The van der Waals surface area contributed by atoms with Crippen LogP contribution in [-0.2, 0) is 6.54 Å². The Morgan fingerprint density at radius 3 is 2.90 bits per heavy atom. The Hall–Kier alpha value is -1.73. The van der Waals surface area contributed by atoms with Crippen molar-refractivity contribution in [2.75, 3.05) is 18.0 Å². The van der Waals surface area contributed by atoms with Gasteiger partial charge in [-0.3, -0.25) is 9.36 Å². The van der Waals surface area contributed by atoms with Gasteiger partial charge < -0.3 is 10.6 Å². The van der Waals surface area contributed by atoms with E-state index in [9.17, 15) is 10.1 Å². The van der Waals surface area contributed by atoms with Crippen LogP contribution in [0.4, 0.5) is 5.95 Å². The summed E-state index contributed by atoms with van der Waals surface area (Å²) >= 11 is 8.44. The number of rotatable bonds is 4. The maximum absolute atomic E-state index is 13.5. The number of nitrogens with two attached hydrogens (primary N) is 1. The summed E-state index contributed by atoms with van der Waals surface area (Å²) in [6, 6.07) is 11.6. The summed E-state index contributed by atoms with van der Waals surface area (Å²) in [6.45, 7) is 1.77. The van der Waals surface area contributed by atoms with Gasteiger partial charge >= 0.3 is 0 Å². The van der Waals surface area contributed by atoms with Crippen molar-refractivity contribution in [1.29, 1.82) is 5.26 Å². The Kier molecular flexibility index (Phi) is 6.06. The zero-order valence-electron chi connectivity index (χ0n) is 15.5. The Bertz CT molecular complexity index is 1150. The SMILES string of the molecule is N#Cc1ccccc1Cn1c(N2CCC[C@@H](N)C2)nc2cc(C(Br)Br)sc2c1=O. The largest absolute Gasteiger partial charge is 0.341 e. The van der Waals surface area contributed by atoms with E-state index in [0.29, 0.717) is 34.8 Å². The number of fused-ring (bicyclic) bond motifs is 1. The van der Waals surface area contributed by atoms with E-state index < -0.39 is 0 Å². The second kappa shape index (κ2) is 8.56. The lowest BCUT2D eigenvalue weighted by Gasteiger charge is -2.33. The van der Waals surface area contributed by atoms with E-state index in [1.165, 1.54) is 11.3 Å². The fourth-order valence-electron chi connectivity index (χ4n) is 3.64. The molecular formula is C20H19Br2N5OS. The molecule has 1 atom stereocenters. The molecule has 29 heavy (non-hydrogen) atoms. The minimum absolute atomic E-state index is 0.0341. The number of hydrogen-bond donors (Lipinski definition) is 1. The van der Waals surface area contributed by atoms with E-state index in [2.05, 4.69) is 42.8 Å². The maximum Gasteiger partial charge on any atom is 0.273 e. The molecule has 0 spiro atoms. The molecule has 3 aromatic rings. The van der Waals surface area contributed by atoms with Crippen LogP contribution >= 0.6 is 43.2 Å². The predicted octanol–water partition coefficient (Wildman–Crippen LogP) is 4.09. The van der Waals surface area contributed by atoms with Gasteiger partial charge in [0.25, 0.3) is 5.56 Å². The molecule has 1 aliphatic rings. The van der Waals surface area contributed by atoms with Crippen molar-refractivity contribution < 1.29 is 0 Å². The normalized spacial score (nSPS) is 17.1. The summed E-state index contributed by atoms with van der Waals surface area (Å²) in [5, 5.41) is 9.47. The number of nitriles is 1. The van der Waals surface area contributed by atoms with Crippen LogP contribution in [0.5, 0.6) is 0 Å². The fraction of sp³-hybridized carbons (Fsp3) is 0.350. The van der Waals surface area contributed by atoms with Crippen LogP contribution < -0.4 is 16.2 Å². The highest BCUT2D eigenvalue weighted by molar-refractivity contribution is 9.24. The standard InChI is InChI=1S/C20H19Br2N5OS/c21-18(22)16-8-15-17(29-16)19(28)27(10-13-5-2-1-4-12(13)9-23)20(25-15)26-7-3-6-14(24)11-26/h1-2,4-5,8,14,18H,3,6-7,10-11,24H2/t14-/m1/s1. The predicted molar refractivity (Wildman–Crippen MR) is 124 cm³/mol. The van der Waals surface area contributed by atoms with Crippen molar-refractivity contribution in [3.8, 4) is 6.07 Å². The molecule has 3 heterocycles. The number of hydrogen-bond acceptors (Lipinski definition) is 6. The molecule has 150 valence electrons. The first-order valence-electron chi connectivity index (χ1n) is 9.29. The van der Waals surface area contributed by atoms with E-state index in [1.807, 2.05) is 24.3 Å². The molecule has 0 aliphatic carbocycles. The molecule has 0 bridgehead atoms. The summed E-state index contributed by atoms with van der Waals surface area (Å²) < 4.78 is 2.27. The number of alkyl halides is 2. The Labute approximate surface area is 189 Å². The summed E-state index contributed by atoms with van der Waals surface area (Å²) in [6.07, 6.45) is 1.93. The van der Waals surface area contributed by atoms with Crippen LogP contribution in [0.3, 0.4) is 0 Å². The van der Waals surface area contributed by atoms with E-state index in [4.69, 9.17) is 10.7 Å². The van der Waals surface area contributed by atoms with Gasteiger partial charge in [0, 0.05) is 24.0 Å². The van der Waals surface area contributed by atoms with Crippen molar-refractivity contribution in [2.24, 2.45) is 5.73 Å². The van der Waals surface area contributed by atoms with Crippen LogP contribution in [0, 0.1) is 11.3 Å². The lowest BCUT2D eigenvalue weighted by molar-refractivity contribution is 0.492. The Morgan fingerprint density at radius 2 is 2.17 bits per heavy atom. The van der Waals surface area contributed by atoms with Gasteiger partial charge in [0.05, 0.1) is 23.7 Å². The first kappa shape index (κ1) is 20.5. The lowest BCUT2D eigenvalue weighted by Crippen LogP contribution is -2.45. The van der Waals surface area contributed by atoms with E-state index >= 15 is 0 Å². The van der Waals surface area contributed by atoms with Gasteiger partial charge in [0.1, 0.15) is 8.44 Å². The van der Waals surface area contributed by atoms with E-state index in [-0.39, 0.29) is 15.3 Å². The Balaban J connectivity index is 1.89. The van der Waals surface area contributed by atoms with Gasteiger partial charge in [-0.25, -0.2) is 4.98 Å². The van der Waals surface area contributed by atoms with Crippen molar-refractivity contribution in [1.82, 2.24) is 9.55 Å². The van der Waals surface area contributed by atoms with Crippen LogP contribution in [-0.4, -0.2) is 28.7 Å². The maximum atomic E-state index is 13.5. The molecular weight excluding hydrogens is 518 g/mol. The van der Waals surface area contributed by atoms with Crippen LogP contribution in [0.15, 0.2) is 35.1 Å². The fourth-order valence-corrected chi connectivity index (χ4v) is 5.37. The molecule has 0 amide bonds. The number of aromatic nitrogens is 2. The molecule has 1 aromatic carbocycles.